The maximum Gasteiger partial charge on any atom is 0.408 e. The van der Waals surface area contributed by atoms with Crippen molar-refractivity contribution in [2.75, 3.05) is 7.11 Å². The summed E-state index contributed by atoms with van der Waals surface area (Å²) in [6.07, 6.45) is 4.47. The molecule has 1 heterocycles. The predicted molar refractivity (Wildman–Crippen MR) is 121 cm³/mol. The Bertz CT molecular complexity index is 810. The van der Waals surface area contributed by atoms with Crippen molar-refractivity contribution in [3.8, 4) is 6.07 Å². The minimum Gasteiger partial charge on any atom is -0.593 e. The van der Waals surface area contributed by atoms with E-state index >= 15 is 0 Å². The Morgan fingerprint density at radius 2 is 2.16 bits per heavy atom. The molecule has 0 aromatic heterocycles. The average Bonchev–Trinajstić information content (AvgIpc) is 3.11. The summed E-state index contributed by atoms with van der Waals surface area (Å²) in [5.74, 6) is -0.204. The highest BCUT2D eigenvalue weighted by Gasteiger charge is 2.53. The van der Waals surface area contributed by atoms with Gasteiger partial charge in [-0.05, 0) is 45.7 Å². The number of aryl methyl sites for hydroxylation is 1. The van der Waals surface area contributed by atoms with Crippen LogP contribution in [-0.4, -0.2) is 51.5 Å². The van der Waals surface area contributed by atoms with Crippen molar-refractivity contribution in [2.24, 2.45) is 5.92 Å². The molecule has 7 nitrogen and oxygen atoms in total. The SMILES string of the molecule is C/C=C\[C@@H]1C[C@H](C#N)N(C(=O)O)C1[C@@H](N[S+]([O-])c1ccc(C)cc1)[C@](C)(CCC)OC. The fraction of sp³-hybridized carbons (Fsp3) is 0.565. The molecular formula is C23H33N3O4S. The van der Waals surface area contributed by atoms with Crippen LogP contribution in [0, 0.1) is 24.2 Å². The number of ether oxygens (including phenoxy) is 1. The number of benzene rings is 1. The summed E-state index contributed by atoms with van der Waals surface area (Å²) >= 11 is -1.59. The summed E-state index contributed by atoms with van der Waals surface area (Å²) in [6, 6.07) is 7.51. The number of carboxylic acid groups (broad SMARTS) is 1. The second-order valence-corrected chi connectivity index (χ2v) is 9.44. The molecule has 1 amide bonds. The molecule has 0 spiro atoms. The lowest BCUT2D eigenvalue weighted by Crippen LogP contribution is -2.63. The van der Waals surface area contributed by atoms with Gasteiger partial charge in [0.2, 0.25) is 0 Å². The van der Waals surface area contributed by atoms with Gasteiger partial charge in [-0.2, -0.15) is 5.26 Å². The van der Waals surface area contributed by atoms with E-state index in [4.69, 9.17) is 4.74 Å². The molecule has 2 unspecified atom stereocenters. The van der Waals surface area contributed by atoms with E-state index in [9.17, 15) is 19.7 Å². The number of methoxy groups -OCH3 is 1. The van der Waals surface area contributed by atoms with E-state index in [0.717, 1.165) is 12.0 Å². The third-order valence-corrected chi connectivity index (χ3v) is 7.25. The molecule has 0 saturated carbocycles. The lowest BCUT2D eigenvalue weighted by molar-refractivity contribution is -0.0489. The van der Waals surface area contributed by atoms with Crippen LogP contribution >= 0.6 is 0 Å². The Morgan fingerprint density at radius 3 is 2.65 bits per heavy atom. The summed E-state index contributed by atoms with van der Waals surface area (Å²) in [7, 11) is 1.59. The zero-order valence-electron chi connectivity index (χ0n) is 18.9. The van der Waals surface area contributed by atoms with Gasteiger partial charge in [-0.15, -0.1) is 4.72 Å². The normalized spacial score (nSPS) is 25.2. The largest absolute Gasteiger partial charge is 0.593 e. The molecule has 2 N–H and O–H groups in total. The summed E-state index contributed by atoms with van der Waals surface area (Å²) in [4.78, 5) is 14.0. The first-order chi connectivity index (χ1) is 14.7. The fourth-order valence-corrected chi connectivity index (χ4v) is 5.57. The van der Waals surface area contributed by atoms with E-state index in [-0.39, 0.29) is 5.92 Å². The number of allylic oxidation sites excluding steroid dienone is 1. The quantitative estimate of drug-likeness (QED) is 0.437. The number of amides is 1. The molecule has 31 heavy (non-hydrogen) atoms. The average molecular weight is 448 g/mol. The number of nitriles is 1. The van der Waals surface area contributed by atoms with E-state index in [0.29, 0.717) is 17.7 Å². The summed E-state index contributed by atoms with van der Waals surface area (Å²) in [5, 5.41) is 19.6. The van der Waals surface area contributed by atoms with E-state index < -0.39 is 41.2 Å². The molecule has 2 rings (SSSR count). The van der Waals surface area contributed by atoms with Crippen molar-refractivity contribution < 1.29 is 19.2 Å². The Kier molecular flexibility index (Phi) is 8.95. The minimum atomic E-state index is -1.59. The number of likely N-dealkylation sites (tertiary alicyclic amines) is 1. The van der Waals surface area contributed by atoms with Gasteiger partial charge in [0.05, 0.1) is 29.1 Å². The summed E-state index contributed by atoms with van der Waals surface area (Å²) < 4.78 is 22.4. The van der Waals surface area contributed by atoms with Gasteiger partial charge in [-0.3, -0.25) is 4.90 Å². The number of rotatable bonds is 9. The molecular weight excluding hydrogens is 414 g/mol. The predicted octanol–water partition coefficient (Wildman–Crippen LogP) is 4.02. The molecule has 1 aromatic carbocycles. The molecule has 1 aliphatic rings. The van der Waals surface area contributed by atoms with Crippen molar-refractivity contribution in [3.63, 3.8) is 0 Å². The topological polar surface area (TPSA) is 109 Å². The molecule has 6 atom stereocenters. The van der Waals surface area contributed by atoms with Gasteiger partial charge in [0, 0.05) is 13.0 Å². The number of nitrogens with zero attached hydrogens (tertiary/aromatic N) is 2. The van der Waals surface area contributed by atoms with E-state index in [1.807, 2.05) is 52.0 Å². The third kappa shape index (κ3) is 5.60. The van der Waals surface area contributed by atoms with Crippen molar-refractivity contribution in [1.29, 1.82) is 5.26 Å². The summed E-state index contributed by atoms with van der Waals surface area (Å²) in [6.45, 7) is 7.76. The molecule has 170 valence electrons. The van der Waals surface area contributed by atoms with Gasteiger partial charge < -0.3 is 14.4 Å². The first-order valence-electron chi connectivity index (χ1n) is 10.6. The van der Waals surface area contributed by atoms with Gasteiger partial charge in [0.1, 0.15) is 12.1 Å². The Labute approximate surface area is 188 Å². The number of hydrogen-bond donors (Lipinski definition) is 2. The highest BCUT2D eigenvalue weighted by atomic mass is 32.2. The first-order valence-corrected chi connectivity index (χ1v) is 11.7. The van der Waals surface area contributed by atoms with E-state index in [1.54, 1.807) is 19.2 Å². The lowest BCUT2D eigenvalue weighted by atomic mass is 9.81. The van der Waals surface area contributed by atoms with Gasteiger partial charge in [0.25, 0.3) is 0 Å². The van der Waals surface area contributed by atoms with Crippen LogP contribution in [0.3, 0.4) is 0 Å². The third-order valence-electron chi connectivity index (χ3n) is 6.08. The number of hydrogen-bond acceptors (Lipinski definition) is 5. The number of nitrogens with one attached hydrogen (secondary N) is 1. The Balaban J connectivity index is 2.54. The maximum absolute atomic E-state index is 13.3. The second-order valence-electron chi connectivity index (χ2n) is 8.19. The van der Waals surface area contributed by atoms with E-state index in [1.165, 1.54) is 4.90 Å². The standard InChI is InChI=1S/C23H33N3O4S/c1-6-8-17-14-18(15-24)26(22(27)28)20(17)21(23(4,30-5)13-7-2)25-31(29)19-11-9-16(3)10-12-19/h6,8-12,17-18,20-21,25H,7,13-14H2,1-5H3,(H,27,28)/b8-6-/t17-,18-,20?,21-,23+,31?/m1/s1. The van der Waals surface area contributed by atoms with Gasteiger partial charge in [0.15, 0.2) is 4.90 Å². The smallest absolute Gasteiger partial charge is 0.408 e. The van der Waals surface area contributed by atoms with Crippen LogP contribution in [-0.2, 0) is 16.1 Å². The zero-order valence-corrected chi connectivity index (χ0v) is 19.7. The van der Waals surface area contributed by atoms with Crippen LogP contribution in [0.1, 0.15) is 45.6 Å². The highest BCUT2D eigenvalue weighted by Crippen LogP contribution is 2.39. The molecule has 0 radical (unpaired) electrons. The second kappa shape index (κ2) is 11.0. The fourth-order valence-electron chi connectivity index (χ4n) is 4.43. The molecule has 0 aliphatic carbocycles. The van der Waals surface area contributed by atoms with Crippen molar-refractivity contribution in [1.82, 2.24) is 9.62 Å². The van der Waals surface area contributed by atoms with Crippen LogP contribution in [0.5, 0.6) is 0 Å². The molecule has 1 saturated heterocycles. The first kappa shape index (κ1) is 25.2. The number of carbonyl (C=O) groups is 1. The Morgan fingerprint density at radius 1 is 1.52 bits per heavy atom. The zero-order chi connectivity index (χ0) is 23.2. The highest BCUT2D eigenvalue weighted by molar-refractivity contribution is 7.89. The Hall–Kier alpha value is -2.05. The van der Waals surface area contributed by atoms with Crippen molar-refractivity contribution >= 4 is 17.5 Å². The van der Waals surface area contributed by atoms with Gasteiger partial charge in [-0.1, -0.05) is 43.2 Å². The maximum atomic E-state index is 13.3. The van der Waals surface area contributed by atoms with Crippen molar-refractivity contribution in [2.45, 2.75) is 75.6 Å². The molecule has 1 aliphatic heterocycles. The van der Waals surface area contributed by atoms with Crippen molar-refractivity contribution in [3.05, 3.63) is 42.0 Å². The van der Waals surface area contributed by atoms with Crippen LogP contribution in [0.15, 0.2) is 41.3 Å². The monoisotopic (exact) mass is 447 g/mol. The molecule has 1 fully saturated rings. The summed E-state index contributed by atoms with van der Waals surface area (Å²) in [5.41, 5.74) is 0.264. The van der Waals surface area contributed by atoms with Crippen LogP contribution in [0.25, 0.3) is 0 Å². The molecule has 8 heteroatoms. The van der Waals surface area contributed by atoms with Crippen LogP contribution < -0.4 is 4.72 Å². The lowest BCUT2D eigenvalue weighted by Gasteiger charge is -2.43. The van der Waals surface area contributed by atoms with Crippen LogP contribution in [0.4, 0.5) is 4.79 Å². The van der Waals surface area contributed by atoms with Crippen LogP contribution in [0.2, 0.25) is 0 Å². The minimum absolute atomic E-state index is 0.204. The van der Waals surface area contributed by atoms with Gasteiger partial charge in [-0.25, -0.2) is 4.79 Å². The molecule has 1 aromatic rings. The van der Waals surface area contributed by atoms with E-state index in [2.05, 4.69) is 10.8 Å². The molecule has 0 bridgehead atoms. The van der Waals surface area contributed by atoms with Gasteiger partial charge >= 0.3 is 6.09 Å².